The first-order valence-electron chi connectivity index (χ1n) is 6.52. The van der Waals surface area contributed by atoms with Crippen LogP contribution >= 0.6 is 0 Å². The minimum Gasteiger partial charge on any atom is -0.468 e. The van der Waals surface area contributed by atoms with Gasteiger partial charge in [0, 0.05) is 6.54 Å². The van der Waals surface area contributed by atoms with E-state index in [1.807, 2.05) is 19.1 Å². The minimum atomic E-state index is -3.40. The van der Waals surface area contributed by atoms with E-state index in [0.29, 0.717) is 12.1 Å². The zero-order valence-corrected chi connectivity index (χ0v) is 12.4. The zero-order valence-electron chi connectivity index (χ0n) is 11.6. The van der Waals surface area contributed by atoms with E-state index in [2.05, 4.69) is 5.32 Å². The van der Waals surface area contributed by atoms with Gasteiger partial charge < -0.3 is 9.73 Å². The van der Waals surface area contributed by atoms with Crippen LogP contribution in [0.25, 0.3) is 0 Å². The normalized spacial score (nSPS) is 12.8. The number of rotatable bonds is 6. The van der Waals surface area contributed by atoms with Gasteiger partial charge >= 0.3 is 0 Å². The van der Waals surface area contributed by atoms with Gasteiger partial charge in [0.1, 0.15) is 5.76 Å². The summed E-state index contributed by atoms with van der Waals surface area (Å²) in [5.41, 5.74) is 0.341. The van der Waals surface area contributed by atoms with Gasteiger partial charge in [-0.15, -0.1) is 0 Å². The predicted octanol–water partition coefficient (Wildman–Crippen LogP) is 2.28. The van der Waals surface area contributed by atoms with Crippen LogP contribution in [0.3, 0.4) is 0 Å². The molecule has 0 aliphatic carbocycles. The summed E-state index contributed by atoms with van der Waals surface area (Å²) in [6, 6.07) is 11.6. The highest BCUT2D eigenvalue weighted by molar-refractivity contribution is 7.91. The lowest BCUT2D eigenvalue weighted by molar-refractivity contribution is 0.437. The van der Waals surface area contributed by atoms with Crippen molar-refractivity contribution in [3.8, 4) is 6.07 Å². The summed E-state index contributed by atoms with van der Waals surface area (Å²) < 4.78 is 29.6. The second-order valence-electron chi connectivity index (χ2n) is 4.65. The number of hydrogen-bond donors (Lipinski definition) is 1. The quantitative estimate of drug-likeness (QED) is 0.885. The lowest BCUT2D eigenvalue weighted by Gasteiger charge is -2.11. The molecule has 1 atom stereocenters. The summed E-state index contributed by atoms with van der Waals surface area (Å²) in [5.74, 6) is 0.728. The third-order valence-electron chi connectivity index (χ3n) is 3.11. The molecule has 1 heterocycles. The first-order chi connectivity index (χ1) is 10.0. The molecule has 0 bridgehead atoms. The minimum absolute atomic E-state index is 0.0348. The van der Waals surface area contributed by atoms with E-state index in [1.54, 1.807) is 24.5 Å². The van der Waals surface area contributed by atoms with Gasteiger partial charge in [-0.1, -0.05) is 6.07 Å². The van der Waals surface area contributed by atoms with Crippen molar-refractivity contribution in [1.82, 2.24) is 5.32 Å². The Bertz CT molecular complexity index is 731. The van der Waals surface area contributed by atoms with Crippen LogP contribution in [0, 0.1) is 11.3 Å². The number of nitriles is 1. The number of sulfone groups is 1. The van der Waals surface area contributed by atoms with Crippen LogP contribution in [-0.4, -0.2) is 20.7 Å². The van der Waals surface area contributed by atoms with Crippen molar-refractivity contribution in [2.24, 2.45) is 0 Å². The SMILES string of the molecule is C[C@@H](NCCS(=O)(=O)c1cccc(C#N)c1)c1ccco1. The summed E-state index contributed by atoms with van der Waals surface area (Å²) in [6.45, 7) is 2.21. The van der Waals surface area contributed by atoms with E-state index in [4.69, 9.17) is 9.68 Å². The molecule has 0 aliphatic rings. The molecule has 1 N–H and O–H groups in total. The molecule has 0 radical (unpaired) electrons. The standard InChI is InChI=1S/C15H16N2O3S/c1-12(15-6-3-8-20-15)17-7-9-21(18,19)14-5-2-4-13(10-14)11-16/h2-6,8,10,12,17H,7,9H2,1H3/t12-/m1/s1. The molecule has 0 aliphatic heterocycles. The molecule has 0 fully saturated rings. The maximum absolute atomic E-state index is 12.2. The van der Waals surface area contributed by atoms with Crippen LogP contribution in [0.15, 0.2) is 52.0 Å². The highest BCUT2D eigenvalue weighted by atomic mass is 32.2. The van der Waals surface area contributed by atoms with Crippen molar-refractivity contribution in [3.05, 3.63) is 54.0 Å². The molecule has 0 spiro atoms. The fourth-order valence-corrected chi connectivity index (χ4v) is 3.14. The monoisotopic (exact) mass is 304 g/mol. The second-order valence-corrected chi connectivity index (χ2v) is 6.76. The van der Waals surface area contributed by atoms with Crippen LogP contribution in [-0.2, 0) is 9.84 Å². The maximum Gasteiger partial charge on any atom is 0.179 e. The lowest BCUT2D eigenvalue weighted by Crippen LogP contribution is -2.25. The number of furan rings is 1. The van der Waals surface area contributed by atoms with Crippen LogP contribution < -0.4 is 5.32 Å². The van der Waals surface area contributed by atoms with Gasteiger partial charge in [0.25, 0.3) is 0 Å². The van der Waals surface area contributed by atoms with E-state index in [0.717, 1.165) is 5.76 Å². The Morgan fingerprint density at radius 3 is 2.81 bits per heavy atom. The van der Waals surface area contributed by atoms with Gasteiger partial charge in [-0.3, -0.25) is 0 Å². The molecule has 110 valence electrons. The molecule has 0 amide bonds. The number of nitrogens with zero attached hydrogens (tertiary/aromatic N) is 1. The van der Waals surface area contributed by atoms with Crippen LogP contribution in [0.1, 0.15) is 24.3 Å². The second kappa shape index (κ2) is 6.57. The third kappa shape index (κ3) is 3.94. The molecule has 1 aromatic heterocycles. The molecule has 1 aromatic carbocycles. The van der Waals surface area contributed by atoms with Crippen LogP contribution in [0.5, 0.6) is 0 Å². The summed E-state index contributed by atoms with van der Waals surface area (Å²) in [5, 5.41) is 11.9. The third-order valence-corrected chi connectivity index (χ3v) is 4.83. The van der Waals surface area contributed by atoms with Crippen LogP contribution in [0.2, 0.25) is 0 Å². The van der Waals surface area contributed by atoms with Gasteiger partial charge in [0.15, 0.2) is 9.84 Å². The Balaban J connectivity index is 1.97. The largest absolute Gasteiger partial charge is 0.468 e. The van der Waals surface area contributed by atoms with Gasteiger partial charge in [0.05, 0.1) is 34.6 Å². The topological polar surface area (TPSA) is 83.1 Å². The Labute approximate surface area is 124 Å². The van der Waals surface area contributed by atoms with E-state index < -0.39 is 9.84 Å². The van der Waals surface area contributed by atoms with Gasteiger partial charge in [0.2, 0.25) is 0 Å². The number of hydrogen-bond acceptors (Lipinski definition) is 5. The molecule has 21 heavy (non-hydrogen) atoms. The maximum atomic E-state index is 12.2. The fourth-order valence-electron chi connectivity index (χ4n) is 1.92. The van der Waals surface area contributed by atoms with E-state index in [-0.39, 0.29) is 16.7 Å². The molecule has 5 nitrogen and oxygen atoms in total. The average Bonchev–Trinajstić information content (AvgIpc) is 3.01. The van der Waals surface area contributed by atoms with Gasteiger partial charge in [-0.25, -0.2) is 8.42 Å². The van der Waals surface area contributed by atoms with Gasteiger partial charge in [-0.05, 0) is 37.3 Å². The van der Waals surface area contributed by atoms with Crippen molar-refractivity contribution in [2.45, 2.75) is 17.9 Å². The van der Waals surface area contributed by atoms with Crippen molar-refractivity contribution in [3.63, 3.8) is 0 Å². The number of nitrogens with one attached hydrogen (secondary N) is 1. The lowest BCUT2D eigenvalue weighted by atomic mass is 10.2. The van der Waals surface area contributed by atoms with E-state index in [1.165, 1.54) is 12.1 Å². The predicted molar refractivity (Wildman–Crippen MR) is 78.3 cm³/mol. The van der Waals surface area contributed by atoms with Crippen molar-refractivity contribution >= 4 is 9.84 Å². The molecular weight excluding hydrogens is 288 g/mol. The summed E-state index contributed by atoms with van der Waals surface area (Å²) in [7, 11) is -3.40. The highest BCUT2D eigenvalue weighted by Gasteiger charge is 2.16. The summed E-state index contributed by atoms with van der Waals surface area (Å²) in [4.78, 5) is 0.175. The molecule has 0 unspecified atom stereocenters. The Kier molecular flexibility index (Phi) is 4.78. The summed E-state index contributed by atoms with van der Waals surface area (Å²) >= 11 is 0. The smallest absolute Gasteiger partial charge is 0.179 e. The van der Waals surface area contributed by atoms with E-state index >= 15 is 0 Å². The molecule has 2 aromatic rings. The Morgan fingerprint density at radius 1 is 1.33 bits per heavy atom. The van der Waals surface area contributed by atoms with Crippen LogP contribution in [0.4, 0.5) is 0 Å². The Hall–Kier alpha value is -2.10. The highest BCUT2D eigenvalue weighted by Crippen LogP contribution is 2.14. The average molecular weight is 304 g/mol. The van der Waals surface area contributed by atoms with Crippen molar-refractivity contribution in [2.75, 3.05) is 12.3 Å². The zero-order chi connectivity index (χ0) is 15.3. The van der Waals surface area contributed by atoms with Crippen molar-refractivity contribution in [1.29, 1.82) is 5.26 Å². The molecule has 2 rings (SSSR count). The molecular formula is C15H16N2O3S. The first kappa shape index (κ1) is 15.3. The molecule has 6 heteroatoms. The molecule has 0 saturated heterocycles. The van der Waals surface area contributed by atoms with Crippen molar-refractivity contribution < 1.29 is 12.8 Å². The van der Waals surface area contributed by atoms with Gasteiger partial charge in [-0.2, -0.15) is 5.26 Å². The number of benzene rings is 1. The van der Waals surface area contributed by atoms with E-state index in [9.17, 15) is 8.42 Å². The first-order valence-corrected chi connectivity index (χ1v) is 8.18. The molecule has 0 saturated carbocycles. The Morgan fingerprint density at radius 2 is 2.14 bits per heavy atom. The fraction of sp³-hybridized carbons (Fsp3) is 0.267. The summed E-state index contributed by atoms with van der Waals surface area (Å²) in [6.07, 6.45) is 1.58.